The second-order valence-corrected chi connectivity index (χ2v) is 6.37. The van der Waals surface area contributed by atoms with Crippen molar-refractivity contribution < 1.29 is 13.2 Å². The van der Waals surface area contributed by atoms with E-state index in [9.17, 15) is 13.2 Å². The van der Waals surface area contributed by atoms with Crippen LogP contribution >= 0.6 is 0 Å². The van der Waals surface area contributed by atoms with Crippen molar-refractivity contribution in [2.24, 2.45) is 0 Å². The van der Waals surface area contributed by atoms with Gasteiger partial charge in [0.2, 0.25) is 10.0 Å². The Balaban J connectivity index is 2.99. The third-order valence-electron chi connectivity index (χ3n) is 2.80. The summed E-state index contributed by atoms with van der Waals surface area (Å²) in [5.74, 6) is -0.250. The highest BCUT2D eigenvalue weighted by Gasteiger charge is 2.18. The number of carbonyl (C=O) groups is 1. The number of anilines is 1. The van der Waals surface area contributed by atoms with Crippen LogP contribution in [0.5, 0.6) is 0 Å². The first-order valence-electron chi connectivity index (χ1n) is 6.19. The maximum atomic E-state index is 12.0. The molecular formula is C13H20N2O3S. The molecule has 0 aliphatic rings. The molecule has 0 radical (unpaired) electrons. The number of benzene rings is 1. The number of hydrogen-bond donors (Lipinski definition) is 1. The topological polar surface area (TPSA) is 66.5 Å². The molecule has 106 valence electrons. The molecule has 1 aromatic rings. The summed E-state index contributed by atoms with van der Waals surface area (Å²) >= 11 is 0. The van der Waals surface area contributed by atoms with Crippen LogP contribution in [0.15, 0.2) is 24.3 Å². The Morgan fingerprint density at radius 1 is 1.32 bits per heavy atom. The van der Waals surface area contributed by atoms with E-state index < -0.39 is 10.0 Å². The van der Waals surface area contributed by atoms with Gasteiger partial charge >= 0.3 is 0 Å². The first kappa shape index (κ1) is 15.5. The monoisotopic (exact) mass is 284 g/mol. The Morgan fingerprint density at radius 2 is 1.95 bits per heavy atom. The number of nitrogens with one attached hydrogen (secondary N) is 1. The van der Waals surface area contributed by atoms with E-state index in [0.29, 0.717) is 17.8 Å². The number of carbonyl (C=O) groups excluding carboxylic acids is 1. The Morgan fingerprint density at radius 3 is 2.53 bits per heavy atom. The van der Waals surface area contributed by atoms with Gasteiger partial charge in [0.25, 0.3) is 5.91 Å². The van der Waals surface area contributed by atoms with Crippen LogP contribution in [0.3, 0.4) is 0 Å². The lowest BCUT2D eigenvalue weighted by Gasteiger charge is -2.19. The number of nitrogens with zero attached hydrogens (tertiary/aromatic N) is 1. The third kappa shape index (κ3) is 4.24. The van der Waals surface area contributed by atoms with Gasteiger partial charge in [-0.2, -0.15) is 0 Å². The largest absolute Gasteiger partial charge is 0.352 e. The van der Waals surface area contributed by atoms with Gasteiger partial charge in [0.15, 0.2) is 0 Å². The lowest BCUT2D eigenvalue weighted by atomic mass is 10.1. The van der Waals surface area contributed by atoms with Gasteiger partial charge in [-0.25, -0.2) is 8.42 Å². The molecule has 1 aromatic carbocycles. The number of sulfonamides is 1. The molecule has 0 aromatic heterocycles. The number of unbranched alkanes of at least 4 members (excludes halogenated alkanes) is 1. The predicted octanol–water partition coefficient (Wildman–Crippen LogP) is 1.61. The molecule has 1 rings (SSSR count). The molecule has 0 unspecified atom stereocenters. The molecule has 0 heterocycles. The molecule has 0 spiro atoms. The van der Waals surface area contributed by atoms with Gasteiger partial charge in [0.1, 0.15) is 0 Å². The van der Waals surface area contributed by atoms with Crippen LogP contribution in [0.2, 0.25) is 0 Å². The van der Waals surface area contributed by atoms with E-state index in [-0.39, 0.29) is 5.91 Å². The highest BCUT2D eigenvalue weighted by molar-refractivity contribution is 7.92. The molecule has 6 heteroatoms. The maximum Gasteiger partial charge on any atom is 0.253 e. The molecule has 19 heavy (non-hydrogen) atoms. The van der Waals surface area contributed by atoms with Crippen molar-refractivity contribution in [1.29, 1.82) is 0 Å². The maximum absolute atomic E-state index is 12.0. The smallest absolute Gasteiger partial charge is 0.253 e. The molecule has 0 aliphatic carbocycles. The van der Waals surface area contributed by atoms with Crippen molar-refractivity contribution in [2.75, 3.05) is 24.2 Å². The minimum Gasteiger partial charge on any atom is -0.352 e. The van der Waals surface area contributed by atoms with E-state index in [1.807, 2.05) is 6.92 Å². The van der Waals surface area contributed by atoms with Crippen LogP contribution in [-0.4, -0.2) is 34.2 Å². The minimum absolute atomic E-state index is 0.250. The summed E-state index contributed by atoms with van der Waals surface area (Å²) in [4.78, 5) is 12.0. The molecule has 1 N–H and O–H groups in total. The summed E-state index contributed by atoms with van der Waals surface area (Å²) in [6.07, 6.45) is 3.00. The Labute approximate surface area is 114 Å². The van der Waals surface area contributed by atoms with Gasteiger partial charge in [0.05, 0.1) is 17.5 Å². The first-order chi connectivity index (χ1) is 8.88. The summed E-state index contributed by atoms with van der Waals surface area (Å²) in [5.41, 5.74) is 0.755. The van der Waals surface area contributed by atoms with E-state index >= 15 is 0 Å². The van der Waals surface area contributed by atoms with Crippen molar-refractivity contribution >= 4 is 21.6 Å². The van der Waals surface area contributed by atoms with Crippen molar-refractivity contribution in [3.8, 4) is 0 Å². The summed E-state index contributed by atoms with van der Waals surface area (Å²) in [5, 5.41) is 2.79. The van der Waals surface area contributed by atoms with Gasteiger partial charge in [-0.1, -0.05) is 25.5 Å². The third-order valence-corrected chi connectivity index (χ3v) is 3.99. The van der Waals surface area contributed by atoms with Crippen molar-refractivity contribution in [2.45, 2.75) is 19.8 Å². The zero-order chi connectivity index (χ0) is 14.5. The second kappa shape index (κ2) is 6.56. The van der Waals surface area contributed by atoms with Gasteiger partial charge in [-0.3, -0.25) is 9.10 Å². The first-order valence-corrected chi connectivity index (χ1v) is 8.04. The molecule has 0 bridgehead atoms. The highest BCUT2D eigenvalue weighted by Crippen LogP contribution is 2.21. The van der Waals surface area contributed by atoms with Crippen molar-refractivity contribution in [3.05, 3.63) is 29.8 Å². The fraction of sp³-hybridized carbons (Fsp3) is 0.462. The van der Waals surface area contributed by atoms with E-state index in [1.165, 1.54) is 7.05 Å². The van der Waals surface area contributed by atoms with E-state index in [4.69, 9.17) is 0 Å². The van der Waals surface area contributed by atoms with Crippen molar-refractivity contribution in [3.63, 3.8) is 0 Å². The Hall–Kier alpha value is -1.56. The molecule has 0 saturated carbocycles. The number of para-hydroxylation sites is 1. The lowest BCUT2D eigenvalue weighted by Crippen LogP contribution is -2.30. The molecule has 5 nitrogen and oxygen atoms in total. The molecule has 0 fully saturated rings. The second-order valence-electron chi connectivity index (χ2n) is 4.36. The highest BCUT2D eigenvalue weighted by atomic mass is 32.2. The molecular weight excluding hydrogens is 264 g/mol. The number of hydrogen-bond acceptors (Lipinski definition) is 3. The van der Waals surface area contributed by atoms with Crippen LogP contribution in [-0.2, 0) is 10.0 Å². The molecule has 0 atom stereocenters. The number of amides is 1. The van der Waals surface area contributed by atoms with Gasteiger partial charge in [-0.05, 0) is 18.6 Å². The molecule has 1 amide bonds. The fourth-order valence-corrected chi connectivity index (χ4v) is 2.11. The summed E-state index contributed by atoms with van der Waals surface area (Å²) in [7, 11) is -1.95. The molecule has 0 saturated heterocycles. The zero-order valence-corrected chi connectivity index (χ0v) is 12.3. The number of rotatable bonds is 6. The fourth-order valence-electron chi connectivity index (χ4n) is 1.59. The van der Waals surface area contributed by atoms with E-state index in [1.54, 1.807) is 24.3 Å². The summed E-state index contributed by atoms with van der Waals surface area (Å²) in [6.45, 7) is 2.63. The summed E-state index contributed by atoms with van der Waals surface area (Å²) < 4.78 is 24.2. The predicted molar refractivity (Wildman–Crippen MR) is 76.9 cm³/mol. The van der Waals surface area contributed by atoms with Crippen LogP contribution in [0, 0.1) is 0 Å². The van der Waals surface area contributed by atoms with Crippen LogP contribution in [0.25, 0.3) is 0 Å². The van der Waals surface area contributed by atoms with Crippen LogP contribution in [0.4, 0.5) is 5.69 Å². The summed E-state index contributed by atoms with van der Waals surface area (Å²) in [6, 6.07) is 6.67. The van der Waals surface area contributed by atoms with Crippen LogP contribution in [0.1, 0.15) is 30.1 Å². The molecule has 0 aliphatic heterocycles. The normalized spacial score (nSPS) is 11.1. The van der Waals surface area contributed by atoms with Crippen LogP contribution < -0.4 is 9.62 Å². The van der Waals surface area contributed by atoms with E-state index in [0.717, 1.165) is 23.4 Å². The van der Waals surface area contributed by atoms with Gasteiger partial charge in [-0.15, -0.1) is 0 Å². The Bertz CT molecular complexity index is 541. The lowest BCUT2D eigenvalue weighted by molar-refractivity contribution is 0.0954. The van der Waals surface area contributed by atoms with Crippen molar-refractivity contribution in [1.82, 2.24) is 5.32 Å². The van der Waals surface area contributed by atoms with Gasteiger partial charge < -0.3 is 5.32 Å². The average molecular weight is 284 g/mol. The zero-order valence-electron chi connectivity index (χ0n) is 11.5. The SMILES string of the molecule is CCCCNC(=O)c1ccccc1N(C)S(C)(=O)=O. The Kier molecular flexibility index (Phi) is 5.35. The van der Waals surface area contributed by atoms with Gasteiger partial charge in [0, 0.05) is 13.6 Å². The standard InChI is InChI=1S/C13H20N2O3S/c1-4-5-10-14-13(16)11-8-6-7-9-12(11)15(2)19(3,17)18/h6-9H,4-5,10H2,1-3H3,(H,14,16). The average Bonchev–Trinajstić information content (AvgIpc) is 2.37. The van der Waals surface area contributed by atoms with E-state index in [2.05, 4.69) is 5.32 Å². The quantitative estimate of drug-likeness (QED) is 0.807. The minimum atomic E-state index is -3.38.